The highest BCUT2D eigenvalue weighted by atomic mass is 35.5. The van der Waals surface area contributed by atoms with E-state index in [4.69, 9.17) is 16.3 Å². The summed E-state index contributed by atoms with van der Waals surface area (Å²) < 4.78 is 5.47. The highest BCUT2D eigenvalue weighted by Gasteiger charge is 2.05. The number of carbonyl (C=O) groups is 1. The molecular formula is C15H16ClNO2S. The number of ether oxygens (including phenoxy) is 1. The number of amides is 1. The third-order valence-electron chi connectivity index (χ3n) is 2.81. The number of aryl methyl sites for hydroxylation is 1. The van der Waals surface area contributed by atoms with Crippen molar-refractivity contribution in [3.8, 4) is 5.75 Å². The van der Waals surface area contributed by atoms with E-state index in [1.165, 1.54) is 0 Å². The first-order valence-electron chi connectivity index (χ1n) is 6.39. The average molecular weight is 310 g/mol. The molecule has 0 saturated carbocycles. The van der Waals surface area contributed by atoms with Gasteiger partial charge in [-0.2, -0.15) is 0 Å². The van der Waals surface area contributed by atoms with Gasteiger partial charge in [-0.25, -0.2) is 0 Å². The van der Waals surface area contributed by atoms with Gasteiger partial charge in [0.05, 0.1) is 6.54 Å². The first kappa shape index (κ1) is 14.9. The van der Waals surface area contributed by atoms with Crippen molar-refractivity contribution in [3.05, 3.63) is 51.2 Å². The Bertz CT molecular complexity index is 569. The summed E-state index contributed by atoms with van der Waals surface area (Å²) in [6.45, 7) is 2.58. The van der Waals surface area contributed by atoms with Gasteiger partial charge in [-0.1, -0.05) is 24.6 Å². The van der Waals surface area contributed by atoms with Crippen LogP contribution in [-0.2, 0) is 17.8 Å². The van der Waals surface area contributed by atoms with Gasteiger partial charge in [-0.3, -0.25) is 4.79 Å². The van der Waals surface area contributed by atoms with Crippen LogP contribution in [-0.4, -0.2) is 12.5 Å². The smallest absolute Gasteiger partial charge is 0.258 e. The molecule has 0 unspecified atom stereocenters. The average Bonchev–Trinajstić information content (AvgIpc) is 2.97. The summed E-state index contributed by atoms with van der Waals surface area (Å²) in [4.78, 5) is 12.8. The topological polar surface area (TPSA) is 38.3 Å². The largest absolute Gasteiger partial charge is 0.484 e. The molecule has 0 radical (unpaired) electrons. The number of hydrogen-bond donors (Lipinski definition) is 1. The third-order valence-corrected chi connectivity index (χ3v) is 4.05. The van der Waals surface area contributed by atoms with Crippen molar-refractivity contribution in [3.63, 3.8) is 0 Å². The summed E-state index contributed by atoms with van der Waals surface area (Å²) in [6.07, 6.45) is 0.834. The van der Waals surface area contributed by atoms with E-state index in [0.29, 0.717) is 12.3 Å². The Hall–Kier alpha value is -1.52. The summed E-state index contributed by atoms with van der Waals surface area (Å²) >= 11 is 7.65. The highest BCUT2D eigenvalue weighted by molar-refractivity contribution is 7.09. The predicted octanol–water partition coefficient (Wildman–Crippen LogP) is 3.66. The molecule has 2 rings (SSSR count). The fourth-order valence-electron chi connectivity index (χ4n) is 1.71. The molecule has 0 atom stereocenters. The number of rotatable bonds is 6. The Kier molecular flexibility index (Phi) is 5.44. The van der Waals surface area contributed by atoms with Crippen molar-refractivity contribution in [2.45, 2.75) is 19.9 Å². The van der Waals surface area contributed by atoms with Crippen molar-refractivity contribution in [2.75, 3.05) is 6.61 Å². The second-order valence-corrected chi connectivity index (χ2v) is 5.69. The molecule has 106 valence electrons. The molecule has 1 N–H and O–H groups in total. The molecule has 1 aromatic carbocycles. The van der Waals surface area contributed by atoms with Gasteiger partial charge in [0.2, 0.25) is 0 Å². The zero-order valence-electron chi connectivity index (χ0n) is 11.2. The van der Waals surface area contributed by atoms with Crippen LogP contribution < -0.4 is 10.1 Å². The van der Waals surface area contributed by atoms with Gasteiger partial charge in [-0.05, 0) is 41.6 Å². The number of benzene rings is 1. The molecule has 0 aliphatic carbocycles. The van der Waals surface area contributed by atoms with Crippen molar-refractivity contribution in [1.29, 1.82) is 0 Å². The van der Waals surface area contributed by atoms with Gasteiger partial charge in [0.25, 0.3) is 5.91 Å². The van der Waals surface area contributed by atoms with Gasteiger partial charge >= 0.3 is 0 Å². The van der Waals surface area contributed by atoms with Gasteiger partial charge in [0.15, 0.2) is 6.61 Å². The van der Waals surface area contributed by atoms with Crippen LogP contribution in [0.15, 0.2) is 35.7 Å². The fraction of sp³-hybridized carbons (Fsp3) is 0.267. The first-order chi connectivity index (χ1) is 9.69. The van der Waals surface area contributed by atoms with Crippen LogP contribution >= 0.6 is 22.9 Å². The van der Waals surface area contributed by atoms with E-state index in [9.17, 15) is 4.79 Å². The van der Waals surface area contributed by atoms with E-state index < -0.39 is 0 Å². The molecule has 0 spiro atoms. The summed E-state index contributed by atoms with van der Waals surface area (Å²) in [5.74, 6) is 0.531. The molecule has 0 fully saturated rings. The lowest BCUT2D eigenvalue weighted by atomic mass is 10.1. The van der Waals surface area contributed by atoms with Crippen LogP contribution in [0.5, 0.6) is 5.75 Å². The summed E-state index contributed by atoms with van der Waals surface area (Å²) in [5, 5.41) is 5.52. The minimum Gasteiger partial charge on any atom is -0.484 e. The lowest BCUT2D eigenvalue weighted by Gasteiger charge is -2.09. The van der Waals surface area contributed by atoms with Crippen molar-refractivity contribution < 1.29 is 9.53 Å². The number of thiophene rings is 1. The van der Waals surface area contributed by atoms with E-state index >= 15 is 0 Å². The van der Waals surface area contributed by atoms with E-state index in [0.717, 1.165) is 21.9 Å². The molecule has 0 bridgehead atoms. The highest BCUT2D eigenvalue weighted by Crippen LogP contribution is 2.22. The normalized spacial score (nSPS) is 10.3. The molecule has 1 aromatic heterocycles. The second kappa shape index (κ2) is 7.31. The molecule has 20 heavy (non-hydrogen) atoms. The second-order valence-electron chi connectivity index (χ2n) is 4.25. The third kappa shape index (κ3) is 4.25. The zero-order valence-corrected chi connectivity index (χ0v) is 12.8. The molecular weight excluding hydrogens is 294 g/mol. The number of carbonyl (C=O) groups excluding carboxylic acids is 1. The Balaban J connectivity index is 1.81. The SMILES string of the molecule is CCc1cc(OCC(=O)NCc2cccs2)ccc1Cl. The Morgan fingerprint density at radius 2 is 2.25 bits per heavy atom. The maximum absolute atomic E-state index is 11.7. The van der Waals surface area contributed by atoms with Gasteiger partial charge in [-0.15, -0.1) is 11.3 Å². The van der Waals surface area contributed by atoms with E-state index in [-0.39, 0.29) is 12.5 Å². The standard InChI is InChI=1S/C15H16ClNO2S/c1-2-11-8-12(5-6-14(11)16)19-10-15(18)17-9-13-4-3-7-20-13/h3-8H,2,9-10H2,1H3,(H,17,18). The van der Waals surface area contributed by atoms with Crippen molar-refractivity contribution in [2.24, 2.45) is 0 Å². The predicted molar refractivity (Wildman–Crippen MR) is 82.5 cm³/mol. The van der Waals surface area contributed by atoms with E-state index in [1.54, 1.807) is 23.5 Å². The fourth-order valence-corrected chi connectivity index (χ4v) is 2.61. The number of halogens is 1. The van der Waals surface area contributed by atoms with E-state index in [1.807, 2.05) is 30.5 Å². The Morgan fingerprint density at radius 1 is 1.40 bits per heavy atom. The van der Waals surface area contributed by atoms with E-state index in [2.05, 4.69) is 5.32 Å². The summed E-state index contributed by atoms with van der Waals surface area (Å²) in [6, 6.07) is 9.38. The van der Waals surface area contributed by atoms with Crippen LogP contribution in [0.25, 0.3) is 0 Å². The van der Waals surface area contributed by atoms with Gasteiger partial charge in [0, 0.05) is 9.90 Å². The van der Waals surface area contributed by atoms with Gasteiger partial charge in [0.1, 0.15) is 5.75 Å². The van der Waals surface area contributed by atoms with Gasteiger partial charge < -0.3 is 10.1 Å². The number of nitrogens with one attached hydrogen (secondary N) is 1. The lowest BCUT2D eigenvalue weighted by molar-refractivity contribution is -0.123. The minimum absolute atomic E-state index is 0.0101. The Labute approximate surface area is 127 Å². The van der Waals surface area contributed by atoms with Crippen molar-refractivity contribution in [1.82, 2.24) is 5.32 Å². The zero-order chi connectivity index (χ0) is 14.4. The molecule has 0 aliphatic heterocycles. The monoisotopic (exact) mass is 309 g/mol. The summed E-state index contributed by atoms with van der Waals surface area (Å²) in [5.41, 5.74) is 1.02. The van der Waals surface area contributed by atoms with Crippen LogP contribution in [0.1, 0.15) is 17.4 Å². The maximum atomic E-state index is 11.7. The molecule has 3 nitrogen and oxygen atoms in total. The van der Waals surface area contributed by atoms with Crippen LogP contribution in [0, 0.1) is 0 Å². The summed E-state index contributed by atoms with van der Waals surface area (Å²) in [7, 11) is 0. The molecule has 5 heteroatoms. The van der Waals surface area contributed by atoms with Crippen LogP contribution in [0.4, 0.5) is 0 Å². The quantitative estimate of drug-likeness (QED) is 0.884. The molecule has 1 amide bonds. The maximum Gasteiger partial charge on any atom is 0.258 e. The Morgan fingerprint density at radius 3 is 2.95 bits per heavy atom. The van der Waals surface area contributed by atoms with Crippen LogP contribution in [0.3, 0.4) is 0 Å². The molecule has 0 saturated heterocycles. The molecule has 1 heterocycles. The van der Waals surface area contributed by atoms with Crippen LogP contribution in [0.2, 0.25) is 5.02 Å². The lowest BCUT2D eigenvalue weighted by Crippen LogP contribution is -2.28. The van der Waals surface area contributed by atoms with Crippen molar-refractivity contribution >= 4 is 28.8 Å². The number of hydrogen-bond acceptors (Lipinski definition) is 3. The molecule has 2 aromatic rings. The first-order valence-corrected chi connectivity index (χ1v) is 7.65. The molecule has 0 aliphatic rings. The minimum atomic E-state index is -0.133.